The molecule has 0 spiro atoms. The first kappa shape index (κ1) is 14.9. The number of nitrogens with one attached hydrogen (secondary N) is 1. The molecule has 0 radical (unpaired) electrons. The molecule has 2 atom stereocenters. The molecular weight excluding hydrogens is 302 g/mol. The molecule has 2 rings (SSSR count). The van der Waals surface area contributed by atoms with Crippen LogP contribution in [0.3, 0.4) is 0 Å². The lowest BCUT2D eigenvalue weighted by Gasteiger charge is -2.42. The van der Waals surface area contributed by atoms with Crippen LogP contribution in [0.4, 0.5) is 0 Å². The highest BCUT2D eigenvalue weighted by atomic mass is 79.9. The first-order valence-corrected chi connectivity index (χ1v) is 8.15. The van der Waals surface area contributed by atoms with E-state index in [1.54, 1.807) is 0 Å². The third-order valence-corrected chi connectivity index (χ3v) is 4.54. The lowest BCUT2D eigenvalue weighted by molar-refractivity contribution is 0.0180. The van der Waals surface area contributed by atoms with Crippen molar-refractivity contribution in [1.82, 2.24) is 5.32 Å². The predicted molar refractivity (Wildman–Crippen MR) is 83.7 cm³/mol. The molecule has 1 aliphatic heterocycles. The van der Waals surface area contributed by atoms with Crippen LogP contribution in [0.25, 0.3) is 0 Å². The van der Waals surface area contributed by atoms with Gasteiger partial charge in [0.1, 0.15) is 11.4 Å². The summed E-state index contributed by atoms with van der Waals surface area (Å²) >= 11 is 3.56. The van der Waals surface area contributed by atoms with Crippen LogP contribution in [-0.2, 0) is 0 Å². The van der Waals surface area contributed by atoms with E-state index in [4.69, 9.17) is 4.74 Å². The smallest absolute Gasteiger partial charge is 0.125 e. The van der Waals surface area contributed by atoms with Gasteiger partial charge < -0.3 is 10.1 Å². The Balaban J connectivity index is 2.37. The van der Waals surface area contributed by atoms with E-state index < -0.39 is 0 Å². The van der Waals surface area contributed by atoms with Crippen molar-refractivity contribution in [2.45, 2.75) is 58.1 Å². The first-order chi connectivity index (χ1) is 9.14. The van der Waals surface area contributed by atoms with E-state index in [0.717, 1.165) is 36.0 Å². The fraction of sp³-hybridized carbons (Fsp3) is 0.625. The Kier molecular flexibility index (Phi) is 4.91. The number of benzene rings is 1. The van der Waals surface area contributed by atoms with E-state index in [2.05, 4.69) is 60.2 Å². The molecule has 1 N–H and O–H groups in total. The summed E-state index contributed by atoms with van der Waals surface area (Å²) in [4.78, 5) is 0. The second-order valence-electron chi connectivity index (χ2n) is 5.39. The highest BCUT2D eigenvalue weighted by Gasteiger charge is 2.38. The molecule has 1 aromatic carbocycles. The van der Waals surface area contributed by atoms with Crippen molar-refractivity contribution in [2.75, 3.05) is 6.54 Å². The van der Waals surface area contributed by atoms with Gasteiger partial charge in [-0.15, -0.1) is 0 Å². The van der Waals surface area contributed by atoms with Gasteiger partial charge in [0, 0.05) is 22.5 Å². The first-order valence-electron chi connectivity index (χ1n) is 7.36. The number of rotatable bonds is 5. The highest BCUT2D eigenvalue weighted by Crippen LogP contribution is 2.44. The van der Waals surface area contributed by atoms with E-state index in [0.29, 0.717) is 6.04 Å². The van der Waals surface area contributed by atoms with Crippen LogP contribution >= 0.6 is 15.9 Å². The molecule has 0 amide bonds. The second kappa shape index (κ2) is 6.27. The Hall–Kier alpha value is -0.540. The van der Waals surface area contributed by atoms with Crippen LogP contribution in [0.15, 0.2) is 22.7 Å². The fourth-order valence-corrected chi connectivity index (χ4v) is 3.45. The Bertz CT molecular complexity index is 435. The van der Waals surface area contributed by atoms with E-state index in [1.807, 2.05) is 0 Å². The summed E-state index contributed by atoms with van der Waals surface area (Å²) in [6, 6.07) is 6.76. The minimum Gasteiger partial charge on any atom is -0.487 e. The van der Waals surface area contributed by atoms with Crippen LogP contribution in [0, 0.1) is 0 Å². The van der Waals surface area contributed by atoms with Crippen LogP contribution < -0.4 is 10.1 Å². The zero-order valence-electron chi connectivity index (χ0n) is 12.1. The summed E-state index contributed by atoms with van der Waals surface area (Å²) in [6.45, 7) is 7.63. The quantitative estimate of drug-likeness (QED) is 0.837. The summed E-state index contributed by atoms with van der Waals surface area (Å²) in [6.07, 6.45) is 4.42. The largest absolute Gasteiger partial charge is 0.487 e. The van der Waals surface area contributed by atoms with Gasteiger partial charge in [-0.3, -0.25) is 0 Å². The molecule has 1 aromatic rings. The topological polar surface area (TPSA) is 21.3 Å². The van der Waals surface area contributed by atoms with Gasteiger partial charge in [0.2, 0.25) is 0 Å². The molecular formula is C16H24BrNO. The van der Waals surface area contributed by atoms with Crippen LogP contribution in [0.2, 0.25) is 0 Å². The van der Waals surface area contributed by atoms with Crippen LogP contribution in [0.5, 0.6) is 5.75 Å². The van der Waals surface area contributed by atoms with Crippen molar-refractivity contribution in [1.29, 1.82) is 0 Å². The Morgan fingerprint density at radius 1 is 1.37 bits per heavy atom. The minimum absolute atomic E-state index is 0.00240. The van der Waals surface area contributed by atoms with Crippen molar-refractivity contribution in [3.63, 3.8) is 0 Å². The molecule has 0 bridgehead atoms. The lowest BCUT2D eigenvalue weighted by Crippen LogP contribution is -2.43. The van der Waals surface area contributed by atoms with Gasteiger partial charge in [0.15, 0.2) is 0 Å². The van der Waals surface area contributed by atoms with Gasteiger partial charge in [0.25, 0.3) is 0 Å². The van der Waals surface area contributed by atoms with Crippen molar-refractivity contribution in [2.24, 2.45) is 0 Å². The van der Waals surface area contributed by atoms with E-state index >= 15 is 0 Å². The second-order valence-corrected chi connectivity index (χ2v) is 6.30. The van der Waals surface area contributed by atoms with Gasteiger partial charge in [-0.05, 0) is 37.6 Å². The van der Waals surface area contributed by atoms with Crippen LogP contribution in [-0.4, -0.2) is 12.1 Å². The van der Waals surface area contributed by atoms with Crippen molar-refractivity contribution in [3.05, 3.63) is 28.2 Å². The van der Waals surface area contributed by atoms with Crippen LogP contribution in [0.1, 0.15) is 58.1 Å². The van der Waals surface area contributed by atoms with Gasteiger partial charge in [-0.25, -0.2) is 0 Å². The zero-order chi connectivity index (χ0) is 13.9. The van der Waals surface area contributed by atoms with Gasteiger partial charge >= 0.3 is 0 Å². The average molecular weight is 326 g/mol. The summed E-state index contributed by atoms with van der Waals surface area (Å²) in [5, 5.41) is 3.61. The number of fused-ring (bicyclic) bond motifs is 1. The van der Waals surface area contributed by atoms with Crippen molar-refractivity contribution in [3.8, 4) is 5.75 Å². The summed E-state index contributed by atoms with van der Waals surface area (Å²) < 4.78 is 7.50. The fourth-order valence-electron chi connectivity index (χ4n) is 3.07. The molecule has 0 saturated carbocycles. The normalized spacial score (nSPS) is 25.8. The summed E-state index contributed by atoms with van der Waals surface area (Å²) in [5.41, 5.74) is 1.29. The summed E-state index contributed by atoms with van der Waals surface area (Å²) in [5.74, 6) is 1.05. The predicted octanol–water partition coefficient (Wildman–Crippen LogP) is 4.83. The Morgan fingerprint density at radius 3 is 2.79 bits per heavy atom. The molecule has 2 unspecified atom stereocenters. The molecule has 1 aliphatic rings. The molecule has 19 heavy (non-hydrogen) atoms. The number of ether oxygens (including phenoxy) is 1. The van der Waals surface area contributed by atoms with E-state index in [9.17, 15) is 0 Å². The molecule has 2 nitrogen and oxygen atoms in total. The molecule has 1 heterocycles. The zero-order valence-corrected chi connectivity index (χ0v) is 13.7. The van der Waals surface area contributed by atoms with Gasteiger partial charge in [-0.1, -0.05) is 43.1 Å². The number of hydrogen-bond acceptors (Lipinski definition) is 2. The standard InChI is InChI=1S/C16H24BrNO/c1-4-9-16(5-2)11-14(18-6-3)13-10-12(17)7-8-15(13)19-16/h7-8,10,14,18H,4-6,9,11H2,1-3H3. The van der Waals surface area contributed by atoms with Crippen molar-refractivity contribution >= 4 is 15.9 Å². The Morgan fingerprint density at radius 2 is 2.16 bits per heavy atom. The number of halogens is 1. The van der Waals surface area contributed by atoms with Gasteiger partial charge in [0.05, 0.1) is 0 Å². The molecule has 106 valence electrons. The molecule has 0 aliphatic carbocycles. The maximum atomic E-state index is 6.38. The van der Waals surface area contributed by atoms with Gasteiger partial charge in [-0.2, -0.15) is 0 Å². The molecule has 0 aromatic heterocycles. The average Bonchev–Trinajstić information content (AvgIpc) is 2.40. The molecule has 3 heteroatoms. The minimum atomic E-state index is 0.00240. The lowest BCUT2D eigenvalue weighted by atomic mass is 9.82. The Labute approximate surface area is 125 Å². The van der Waals surface area contributed by atoms with E-state index in [1.165, 1.54) is 12.0 Å². The monoisotopic (exact) mass is 325 g/mol. The SMILES string of the molecule is CCCC1(CC)CC(NCC)c2cc(Br)ccc2O1. The maximum Gasteiger partial charge on any atom is 0.125 e. The number of hydrogen-bond donors (Lipinski definition) is 1. The maximum absolute atomic E-state index is 6.38. The van der Waals surface area contributed by atoms with Crippen molar-refractivity contribution < 1.29 is 4.74 Å². The third-order valence-electron chi connectivity index (χ3n) is 4.05. The molecule has 0 saturated heterocycles. The molecule has 0 fully saturated rings. The highest BCUT2D eigenvalue weighted by molar-refractivity contribution is 9.10. The van der Waals surface area contributed by atoms with E-state index in [-0.39, 0.29) is 5.60 Å². The summed E-state index contributed by atoms with van der Waals surface area (Å²) in [7, 11) is 0. The third kappa shape index (κ3) is 3.14.